The number of ketones is 1. The lowest BCUT2D eigenvalue weighted by molar-refractivity contribution is -0.144. The molecule has 0 bridgehead atoms. The second kappa shape index (κ2) is 3.77. The van der Waals surface area contributed by atoms with Gasteiger partial charge in [0.2, 0.25) is 0 Å². The van der Waals surface area contributed by atoms with Crippen LogP contribution >= 0.6 is 0 Å². The number of hydrogen-bond acceptors (Lipinski definition) is 1. The van der Waals surface area contributed by atoms with Crippen molar-refractivity contribution in [3.63, 3.8) is 0 Å². The number of carbonyl (C=O) groups excluding carboxylic acids is 1. The average molecular weight is 284 g/mol. The molecule has 0 aromatic rings. The summed E-state index contributed by atoms with van der Waals surface area (Å²) in [6.45, 7) is 0. The predicted molar refractivity (Wildman–Crippen MR) is 81.5 cm³/mol. The van der Waals surface area contributed by atoms with Crippen LogP contribution in [0.15, 0.2) is 0 Å². The van der Waals surface area contributed by atoms with Gasteiger partial charge in [0.05, 0.1) is 0 Å². The van der Waals surface area contributed by atoms with Gasteiger partial charge in [0.1, 0.15) is 5.78 Å². The molecule has 6 fully saturated rings. The highest BCUT2D eigenvalue weighted by Gasteiger charge is 2.69. The minimum absolute atomic E-state index is 0.199. The van der Waals surface area contributed by atoms with Crippen molar-refractivity contribution < 1.29 is 4.79 Å². The van der Waals surface area contributed by atoms with Gasteiger partial charge >= 0.3 is 0 Å². The Kier molecular flexibility index (Phi) is 2.18. The van der Waals surface area contributed by atoms with E-state index in [4.69, 9.17) is 0 Å². The Morgan fingerprint density at radius 3 is 1.90 bits per heavy atom. The van der Waals surface area contributed by atoms with E-state index >= 15 is 0 Å². The monoisotopic (exact) mass is 284 g/mol. The molecule has 21 heavy (non-hydrogen) atoms. The lowest BCUT2D eigenvalue weighted by atomic mass is 9.54. The first kappa shape index (κ1) is 12.1. The highest BCUT2D eigenvalue weighted by Crippen LogP contribution is 2.73. The van der Waals surface area contributed by atoms with Gasteiger partial charge in [-0.3, -0.25) is 4.79 Å². The van der Waals surface area contributed by atoms with Gasteiger partial charge in [-0.1, -0.05) is 0 Å². The summed E-state index contributed by atoms with van der Waals surface area (Å²) in [5.74, 6) is 8.15. The van der Waals surface area contributed by atoms with E-state index in [-0.39, 0.29) is 5.41 Å². The number of fused-ring (bicyclic) bond motifs is 2. The van der Waals surface area contributed by atoms with E-state index < -0.39 is 0 Å². The molecule has 0 radical (unpaired) electrons. The molecule has 0 heterocycles. The van der Waals surface area contributed by atoms with Crippen LogP contribution in [0.3, 0.4) is 0 Å². The van der Waals surface area contributed by atoms with Crippen LogP contribution in [0.1, 0.15) is 64.2 Å². The van der Waals surface area contributed by atoms with Crippen molar-refractivity contribution in [2.45, 2.75) is 64.2 Å². The second-order valence-electron chi connectivity index (χ2n) is 9.59. The van der Waals surface area contributed by atoms with Gasteiger partial charge < -0.3 is 0 Å². The van der Waals surface area contributed by atoms with Crippen LogP contribution in [0, 0.1) is 52.8 Å². The summed E-state index contributed by atoms with van der Waals surface area (Å²) in [5.41, 5.74) is 0.199. The summed E-state index contributed by atoms with van der Waals surface area (Å²) < 4.78 is 0. The first-order chi connectivity index (χ1) is 10.3. The van der Waals surface area contributed by atoms with Gasteiger partial charge in [0, 0.05) is 11.8 Å². The molecule has 0 aliphatic heterocycles. The normalized spacial score (nSPS) is 63.5. The molecule has 9 atom stereocenters. The molecule has 0 aromatic heterocycles. The highest BCUT2D eigenvalue weighted by molar-refractivity contribution is 5.87. The van der Waals surface area contributed by atoms with E-state index in [1.807, 2.05) is 0 Å². The van der Waals surface area contributed by atoms with Crippen LogP contribution in [-0.4, -0.2) is 5.78 Å². The quantitative estimate of drug-likeness (QED) is 0.642. The maximum absolute atomic E-state index is 13.4. The summed E-state index contributed by atoms with van der Waals surface area (Å²) in [6.07, 6.45) is 13.9. The largest absolute Gasteiger partial charge is 0.299 e. The smallest absolute Gasteiger partial charge is 0.139 e. The zero-order chi connectivity index (χ0) is 13.8. The summed E-state index contributed by atoms with van der Waals surface area (Å²) in [4.78, 5) is 13.4. The van der Waals surface area contributed by atoms with E-state index in [0.717, 1.165) is 59.5 Å². The second-order valence-corrected chi connectivity index (χ2v) is 9.59. The molecular weight excluding hydrogens is 256 g/mol. The van der Waals surface area contributed by atoms with Crippen LogP contribution in [-0.2, 0) is 4.79 Å². The zero-order valence-corrected chi connectivity index (χ0v) is 13.1. The van der Waals surface area contributed by atoms with Crippen molar-refractivity contribution in [1.29, 1.82) is 0 Å². The zero-order valence-electron chi connectivity index (χ0n) is 13.1. The fraction of sp³-hybridized carbons (Fsp3) is 0.950. The van der Waals surface area contributed by atoms with Crippen molar-refractivity contribution in [2.75, 3.05) is 0 Å². The molecular formula is C20H28O. The summed E-state index contributed by atoms with van der Waals surface area (Å²) in [7, 11) is 0. The molecule has 0 aromatic carbocycles. The van der Waals surface area contributed by atoms with Crippen molar-refractivity contribution >= 4 is 5.78 Å². The molecule has 1 spiro atoms. The van der Waals surface area contributed by atoms with Crippen molar-refractivity contribution in [1.82, 2.24) is 0 Å². The van der Waals surface area contributed by atoms with Crippen molar-refractivity contribution in [3.8, 4) is 0 Å². The van der Waals surface area contributed by atoms with E-state index in [1.54, 1.807) is 0 Å². The van der Waals surface area contributed by atoms with E-state index in [1.165, 1.54) is 57.8 Å². The van der Waals surface area contributed by atoms with Gasteiger partial charge in [0.15, 0.2) is 0 Å². The summed E-state index contributed by atoms with van der Waals surface area (Å²) in [6, 6.07) is 0. The van der Waals surface area contributed by atoms with Crippen LogP contribution in [0.4, 0.5) is 0 Å². The average Bonchev–Trinajstić information content (AvgIpc) is 3.22. The van der Waals surface area contributed by atoms with Crippen molar-refractivity contribution in [3.05, 3.63) is 0 Å². The number of hydrogen-bond donors (Lipinski definition) is 0. The third-order valence-corrected chi connectivity index (χ3v) is 9.51. The molecule has 1 nitrogen and oxygen atoms in total. The third-order valence-electron chi connectivity index (χ3n) is 9.51. The predicted octanol–water partition coefficient (Wildman–Crippen LogP) is 4.45. The first-order valence-electron chi connectivity index (χ1n) is 9.82. The Bertz CT molecular complexity index is 510. The molecule has 0 N–H and O–H groups in total. The molecule has 6 saturated carbocycles. The van der Waals surface area contributed by atoms with Crippen LogP contribution in [0.5, 0.6) is 0 Å². The number of Topliss-reactive ketones (excluding diaryl/α,β-unsaturated/α-hetero) is 1. The van der Waals surface area contributed by atoms with E-state index in [0.29, 0.717) is 0 Å². The Balaban J connectivity index is 1.47. The molecule has 6 aliphatic rings. The Morgan fingerprint density at radius 2 is 1.19 bits per heavy atom. The molecule has 114 valence electrons. The maximum Gasteiger partial charge on any atom is 0.139 e. The minimum atomic E-state index is 0.199. The van der Waals surface area contributed by atoms with Crippen LogP contribution in [0.25, 0.3) is 0 Å². The lowest BCUT2D eigenvalue weighted by Crippen LogP contribution is -2.50. The molecule has 0 saturated heterocycles. The van der Waals surface area contributed by atoms with Gasteiger partial charge in [-0.2, -0.15) is 0 Å². The Labute approximate surface area is 128 Å². The van der Waals surface area contributed by atoms with E-state index in [9.17, 15) is 4.79 Å². The number of rotatable bonds is 0. The molecule has 0 amide bonds. The fourth-order valence-corrected chi connectivity index (χ4v) is 9.20. The standard InChI is InChI=1S/C20H28O/c21-17-9-13-3-1-11-5-7-15(18(11)13)20(17)10-14-4-2-12-6-8-16(20)19(12)14/h11-16,18-19H,1-10H2/t11-,12-,13+,14+,15-,16-,18+,19-,20+/m1/s1. The van der Waals surface area contributed by atoms with Gasteiger partial charge in [-0.25, -0.2) is 0 Å². The Hall–Kier alpha value is -0.330. The first-order valence-corrected chi connectivity index (χ1v) is 9.82. The lowest BCUT2D eigenvalue weighted by Gasteiger charge is -2.48. The fourth-order valence-electron chi connectivity index (χ4n) is 9.20. The van der Waals surface area contributed by atoms with Gasteiger partial charge in [0.25, 0.3) is 0 Å². The summed E-state index contributed by atoms with van der Waals surface area (Å²) in [5, 5.41) is 0. The highest BCUT2D eigenvalue weighted by atomic mass is 16.1. The van der Waals surface area contributed by atoms with Crippen molar-refractivity contribution in [2.24, 2.45) is 52.8 Å². The molecule has 6 aliphatic carbocycles. The third kappa shape index (κ3) is 1.23. The van der Waals surface area contributed by atoms with E-state index in [2.05, 4.69) is 0 Å². The van der Waals surface area contributed by atoms with Crippen LogP contribution < -0.4 is 0 Å². The molecule has 0 unspecified atom stereocenters. The molecule has 1 heteroatoms. The van der Waals surface area contributed by atoms with Gasteiger partial charge in [-0.15, -0.1) is 0 Å². The van der Waals surface area contributed by atoms with Gasteiger partial charge in [-0.05, 0) is 105 Å². The number of carbonyl (C=O) groups is 1. The molecule has 6 rings (SSSR count). The maximum atomic E-state index is 13.4. The van der Waals surface area contributed by atoms with Crippen LogP contribution in [0.2, 0.25) is 0 Å². The summed E-state index contributed by atoms with van der Waals surface area (Å²) >= 11 is 0. The Morgan fingerprint density at radius 1 is 0.667 bits per heavy atom. The SMILES string of the molecule is O=C1C[C@@H]2CC[C@@H]3CC[C@H]([C@@H]32)[C@]12C[C@@H]1CC[C@@H]3CC[C@@H]2[C@H]31. The minimum Gasteiger partial charge on any atom is -0.299 e. The topological polar surface area (TPSA) is 17.1 Å².